The van der Waals surface area contributed by atoms with E-state index in [0.717, 1.165) is 28.2 Å². The molecule has 0 saturated carbocycles. The molecule has 21 heavy (non-hydrogen) atoms. The number of alkyl halides is 1. The zero-order valence-electron chi connectivity index (χ0n) is 11.6. The molecule has 0 spiro atoms. The molecule has 0 atom stereocenters. The molecule has 0 radical (unpaired) electrons. The van der Waals surface area contributed by atoms with Gasteiger partial charge in [0.05, 0.1) is 23.7 Å². The minimum absolute atomic E-state index is 0.292. The highest BCUT2D eigenvalue weighted by atomic mass is 35.5. The van der Waals surface area contributed by atoms with Gasteiger partial charge in [-0.05, 0) is 30.7 Å². The number of fused-ring (bicyclic) bond motifs is 1. The minimum atomic E-state index is 0.292. The first-order chi connectivity index (χ1) is 10.1. The highest BCUT2D eigenvalue weighted by molar-refractivity contribution is 6.32. The van der Waals surface area contributed by atoms with Crippen molar-refractivity contribution in [2.75, 3.05) is 7.11 Å². The average molecular weight is 322 g/mol. The third-order valence-corrected chi connectivity index (χ3v) is 3.77. The van der Waals surface area contributed by atoms with Crippen LogP contribution in [-0.2, 0) is 5.88 Å². The third kappa shape index (κ3) is 2.45. The van der Waals surface area contributed by atoms with Gasteiger partial charge in [0.2, 0.25) is 0 Å². The Morgan fingerprint density at radius 1 is 1.29 bits per heavy atom. The highest BCUT2D eigenvalue weighted by Gasteiger charge is 2.14. The van der Waals surface area contributed by atoms with Crippen molar-refractivity contribution in [3.63, 3.8) is 0 Å². The Morgan fingerprint density at radius 3 is 2.81 bits per heavy atom. The lowest BCUT2D eigenvalue weighted by Crippen LogP contribution is -2.01. The summed E-state index contributed by atoms with van der Waals surface area (Å²) in [5.74, 6) is 1.62. The predicted molar refractivity (Wildman–Crippen MR) is 84.7 cm³/mol. The summed E-state index contributed by atoms with van der Waals surface area (Å²) in [5.41, 5.74) is 3.51. The Kier molecular flexibility index (Phi) is 3.74. The van der Waals surface area contributed by atoms with Crippen molar-refractivity contribution in [1.29, 1.82) is 0 Å². The molecular weight excluding hydrogens is 309 g/mol. The second kappa shape index (κ2) is 5.54. The van der Waals surface area contributed by atoms with Crippen molar-refractivity contribution < 1.29 is 4.74 Å². The summed E-state index contributed by atoms with van der Waals surface area (Å²) in [5, 5.41) is 0.557. The summed E-state index contributed by atoms with van der Waals surface area (Å²) < 4.78 is 7.19. The molecule has 0 saturated heterocycles. The van der Waals surface area contributed by atoms with Gasteiger partial charge in [0.15, 0.2) is 5.65 Å². The fourth-order valence-corrected chi connectivity index (χ4v) is 2.63. The van der Waals surface area contributed by atoms with E-state index in [9.17, 15) is 0 Å². The van der Waals surface area contributed by atoms with Gasteiger partial charge in [-0.1, -0.05) is 11.6 Å². The van der Waals surface area contributed by atoms with Crippen molar-refractivity contribution in [1.82, 2.24) is 14.5 Å². The molecular formula is C15H13Cl2N3O. The van der Waals surface area contributed by atoms with Crippen LogP contribution in [0.25, 0.3) is 16.9 Å². The van der Waals surface area contributed by atoms with Crippen LogP contribution in [0.5, 0.6) is 5.75 Å². The van der Waals surface area contributed by atoms with E-state index in [-0.39, 0.29) is 0 Å². The van der Waals surface area contributed by atoms with Gasteiger partial charge in [-0.25, -0.2) is 9.97 Å². The molecule has 0 bridgehead atoms. The van der Waals surface area contributed by atoms with E-state index in [0.29, 0.717) is 16.7 Å². The predicted octanol–water partition coefficient (Wildman–Crippen LogP) is 4.13. The molecule has 6 heteroatoms. The fourth-order valence-electron chi connectivity index (χ4n) is 2.26. The number of halogens is 2. The molecule has 0 aliphatic carbocycles. The van der Waals surface area contributed by atoms with Crippen LogP contribution in [0.1, 0.15) is 11.4 Å². The maximum absolute atomic E-state index is 6.08. The standard InChI is InChI=1S/C15H13Cl2N3O/c1-9-5-12-15(18-8-9)20(14(7-16)19-12)10-3-4-11(17)13(6-10)21-2/h3-6,8H,7H2,1-2H3. The van der Waals surface area contributed by atoms with Gasteiger partial charge in [-0.3, -0.25) is 4.57 Å². The first kappa shape index (κ1) is 14.2. The second-order valence-electron chi connectivity index (χ2n) is 4.67. The lowest BCUT2D eigenvalue weighted by atomic mass is 10.2. The minimum Gasteiger partial charge on any atom is -0.495 e. The quantitative estimate of drug-likeness (QED) is 0.681. The lowest BCUT2D eigenvalue weighted by molar-refractivity contribution is 0.415. The Balaban J connectivity index is 2.28. The number of hydrogen-bond acceptors (Lipinski definition) is 3. The van der Waals surface area contributed by atoms with Crippen LogP contribution < -0.4 is 4.74 Å². The van der Waals surface area contributed by atoms with E-state index in [1.807, 2.05) is 35.9 Å². The van der Waals surface area contributed by atoms with Gasteiger partial charge in [0.25, 0.3) is 0 Å². The van der Waals surface area contributed by atoms with Gasteiger partial charge in [-0.15, -0.1) is 11.6 Å². The molecule has 2 heterocycles. The van der Waals surface area contributed by atoms with Crippen LogP contribution in [0.3, 0.4) is 0 Å². The van der Waals surface area contributed by atoms with Crippen molar-refractivity contribution in [3.05, 3.63) is 46.9 Å². The topological polar surface area (TPSA) is 39.9 Å². The molecule has 0 aliphatic rings. The number of nitrogens with zero attached hydrogens (tertiary/aromatic N) is 3. The summed E-state index contributed by atoms with van der Waals surface area (Å²) in [6.07, 6.45) is 1.81. The first-order valence-corrected chi connectivity index (χ1v) is 7.29. The van der Waals surface area contributed by atoms with Gasteiger partial charge in [0.1, 0.15) is 17.1 Å². The smallest absolute Gasteiger partial charge is 0.164 e. The van der Waals surface area contributed by atoms with Crippen molar-refractivity contribution >= 4 is 34.4 Å². The molecule has 108 valence electrons. The van der Waals surface area contributed by atoms with Gasteiger partial charge >= 0.3 is 0 Å². The molecule has 4 nitrogen and oxygen atoms in total. The van der Waals surface area contributed by atoms with Crippen LogP contribution >= 0.6 is 23.2 Å². The summed E-state index contributed by atoms with van der Waals surface area (Å²) in [6, 6.07) is 7.51. The monoisotopic (exact) mass is 321 g/mol. The Morgan fingerprint density at radius 2 is 2.10 bits per heavy atom. The Hall–Kier alpha value is -1.78. The van der Waals surface area contributed by atoms with Crippen LogP contribution in [-0.4, -0.2) is 21.6 Å². The largest absolute Gasteiger partial charge is 0.495 e. The molecule has 0 unspecified atom stereocenters. The number of rotatable bonds is 3. The Labute approximate surface area is 132 Å². The van der Waals surface area contributed by atoms with Crippen LogP contribution in [0.15, 0.2) is 30.5 Å². The van der Waals surface area contributed by atoms with E-state index < -0.39 is 0 Å². The zero-order chi connectivity index (χ0) is 15.0. The number of aromatic nitrogens is 3. The summed E-state index contributed by atoms with van der Waals surface area (Å²) in [4.78, 5) is 9.01. The number of pyridine rings is 1. The maximum Gasteiger partial charge on any atom is 0.164 e. The number of hydrogen-bond donors (Lipinski definition) is 0. The zero-order valence-corrected chi connectivity index (χ0v) is 13.1. The number of imidazole rings is 1. The van der Waals surface area contributed by atoms with Gasteiger partial charge < -0.3 is 4.74 Å². The normalized spacial score (nSPS) is 11.0. The number of aryl methyl sites for hydroxylation is 1. The van der Waals surface area contributed by atoms with E-state index in [4.69, 9.17) is 27.9 Å². The molecule has 0 fully saturated rings. The molecule has 0 N–H and O–H groups in total. The fraction of sp³-hybridized carbons (Fsp3) is 0.200. The molecule has 0 aliphatic heterocycles. The molecule has 2 aromatic heterocycles. The van der Waals surface area contributed by atoms with Crippen LogP contribution in [0.2, 0.25) is 5.02 Å². The highest BCUT2D eigenvalue weighted by Crippen LogP contribution is 2.29. The van der Waals surface area contributed by atoms with Crippen LogP contribution in [0, 0.1) is 6.92 Å². The van der Waals surface area contributed by atoms with Crippen LogP contribution in [0.4, 0.5) is 0 Å². The number of ether oxygens (including phenoxy) is 1. The summed E-state index contributed by atoms with van der Waals surface area (Å²) in [6.45, 7) is 1.98. The summed E-state index contributed by atoms with van der Waals surface area (Å²) >= 11 is 12.1. The molecule has 1 aromatic carbocycles. The average Bonchev–Trinajstić information content (AvgIpc) is 2.85. The Bertz CT molecular complexity index is 814. The van der Waals surface area contributed by atoms with Crippen molar-refractivity contribution in [2.45, 2.75) is 12.8 Å². The van der Waals surface area contributed by atoms with E-state index in [1.165, 1.54) is 0 Å². The van der Waals surface area contributed by atoms with Crippen molar-refractivity contribution in [3.8, 4) is 11.4 Å². The number of benzene rings is 1. The molecule has 0 amide bonds. The molecule has 3 aromatic rings. The second-order valence-corrected chi connectivity index (χ2v) is 5.35. The maximum atomic E-state index is 6.08. The SMILES string of the molecule is COc1cc(-n2c(CCl)nc3cc(C)cnc32)ccc1Cl. The third-order valence-electron chi connectivity index (χ3n) is 3.22. The molecule has 3 rings (SSSR count). The number of methoxy groups -OCH3 is 1. The lowest BCUT2D eigenvalue weighted by Gasteiger charge is -2.10. The van der Waals surface area contributed by atoms with E-state index in [1.54, 1.807) is 13.2 Å². The summed E-state index contributed by atoms with van der Waals surface area (Å²) in [7, 11) is 1.58. The van der Waals surface area contributed by atoms with Crippen molar-refractivity contribution in [2.24, 2.45) is 0 Å². The van der Waals surface area contributed by atoms with E-state index in [2.05, 4.69) is 9.97 Å². The van der Waals surface area contributed by atoms with Gasteiger partial charge in [-0.2, -0.15) is 0 Å². The van der Waals surface area contributed by atoms with Gasteiger partial charge in [0, 0.05) is 12.3 Å². The van der Waals surface area contributed by atoms with E-state index >= 15 is 0 Å². The first-order valence-electron chi connectivity index (χ1n) is 6.38.